The van der Waals surface area contributed by atoms with E-state index in [2.05, 4.69) is 46.8 Å². The zero-order valence-corrected chi connectivity index (χ0v) is 14.3. The molecule has 0 N–H and O–H groups in total. The summed E-state index contributed by atoms with van der Waals surface area (Å²) in [6, 6.07) is 14.5. The molecular formula is C20H23N3O. The molecule has 1 aromatic heterocycles. The Kier molecular flexibility index (Phi) is 3.98. The van der Waals surface area contributed by atoms with Crippen molar-refractivity contribution in [1.82, 2.24) is 9.88 Å². The normalized spacial score (nSPS) is 16.0. The van der Waals surface area contributed by atoms with Gasteiger partial charge in [0.15, 0.2) is 5.58 Å². The molecule has 1 fully saturated rings. The van der Waals surface area contributed by atoms with Crippen LogP contribution in [0.1, 0.15) is 17.0 Å². The van der Waals surface area contributed by atoms with Gasteiger partial charge in [0, 0.05) is 31.9 Å². The molecule has 0 aliphatic carbocycles. The number of benzene rings is 2. The molecule has 24 heavy (non-hydrogen) atoms. The van der Waals surface area contributed by atoms with E-state index in [1.165, 1.54) is 16.8 Å². The zero-order valence-electron chi connectivity index (χ0n) is 14.3. The van der Waals surface area contributed by atoms with Crippen molar-refractivity contribution in [3.05, 3.63) is 59.5 Å². The molecule has 4 heteroatoms. The van der Waals surface area contributed by atoms with E-state index in [9.17, 15) is 0 Å². The summed E-state index contributed by atoms with van der Waals surface area (Å²) >= 11 is 0. The molecule has 124 valence electrons. The van der Waals surface area contributed by atoms with Crippen LogP contribution in [0.2, 0.25) is 0 Å². The molecule has 1 saturated heterocycles. The van der Waals surface area contributed by atoms with Gasteiger partial charge in [-0.25, -0.2) is 4.98 Å². The van der Waals surface area contributed by atoms with Gasteiger partial charge in [0.1, 0.15) is 5.52 Å². The van der Waals surface area contributed by atoms with Crippen LogP contribution in [0, 0.1) is 13.8 Å². The van der Waals surface area contributed by atoms with Crippen molar-refractivity contribution < 1.29 is 4.42 Å². The van der Waals surface area contributed by atoms with Crippen molar-refractivity contribution in [2.45, 2.75) is 20.4 Å². The summed E-state index contributed by atoms with van der Waals surface area (Å²) < 4.78 is 5.85. The molecular weight excluding hydrogens is 298 g/mol. The monoisotopic (exact) mass is 321 g/mol. The fraction of sp³-hybridized carbons (Fsp3) is 0.350. The van der Waals surface area contributed by atoms with Gasteiger partial charge in [-0.05, 0) is 43.2 Å². The van der Waals surface area contributed by atoms with Crippen LogP contribution >= 0.6 is 0 Å². The van der Waals surface area contributed by atoms with Crippen LogP contribution < -0.4 is 4.90 Å². The molecule has 0 bridgehead atoms. The maximum atomic E-state index is 5.85. The van der Waals surface area contributed by atoms with Gasteiger partial charge >= 0.3 is 0 Å². The molecule has 0 amide bonds. The molecule has 0 unspecified atom stereocenters. The molecule has 0 saturated carbocycles. The third kappa shape index (κ3) is 2.89. The molecule has 0 radical (unpaired) electrons. The summed E-state index contributed by atoms with van der Waals surface area (Å²) in [5.41, 5.74) is 5.95. The highest BCUT2D eigenvalue weighted by molar-refractivity contribution is 5.72. The number of rotatable bonds is 3. The summed E-state index contributed by atoms with van der Waals surface area (Å²) in [5, 5.41) is 0. The van der Waals surface area contributed by atoms with Crippen LogP contribution in [0.25, 0.3) is 11.1 Å². The summed E-state index contributed by atoms with van der Waals surface area (Å²) in [4.78, 5) is 9.50. The van der Waals surface area contributed by atoms with Gasteiger partial charge in [-0.1, -0.05) is 24.3 Å². The molecule has 4 nitrogen and oxygen atoms in total. The average molecular weight is 321 g/mol. The van der Waals surface area contributed by atoms with E-state index in [1.54, 1.807) is 0 Å². The highest BCUT2D eigenvalue weighted by Crippen LogP contribution is 2.24. The second-order valence-electron chi connectivity index (χ2n) is 6.56. The number of anilines is 1. The van der Waals surface area contributed by atoms with Crippen molar-refractivity contribution in [3.63, 3.8) is 0 Å². The van der Waals surface area contributed by atoms with Gasteiger partial charge < -0.3 is 9.32 Å². The zero-order chi connectivity index (χ0) is 16.5. The number of hydrogen-bond acceptors (Lipinski definition) is 4. The summed E-state index contributed by atoms with van der Waals surface area (Å²) in [7, 11) is 0. The van der Waals surface area contributed by atoms with E-state index < -0.39 is 0 Å². The quantitative estimate of drug-likeness (QED) is 0.735. The lowest BCUT2D eigenvalue weighted by molar-refractivity contribution is 0.228. The lowest BCUT2D eigenvalue weighted by Crippen LogP contribution is -2.46. The first kappa shape index (κ1) is 15.2. The molecule has 0 atom stereocenters. The lowest BCUT2D eigenvalue weighted by atomic mass is 10.1. The van der Waals surface area contributed by atoms with Crippen molar-refractivity contribution in [3.8, 4) is 0 Å². The number of piperazine rings is 1. The minimum atomic E-state index is 0.787. The van der Waals surface area contributed by atoms with E-state index in [0.29, 0.717) is 0 Å². The Morgan fingerprint density at radius 1 is 0.958 bits per heavy atom. The predicted molar refractivity (Wildman–Crippen MR) is 97.4 cm³/mol. The molecule has 2 aromatic carbocycles. The minimum Gasteiger partial charge on any atom is -0.439 e. The smallest absolute Gasteiger partial charge is 0.209 e. The van der Waals surface area contributed by atoms with E-state index >= 15 is 0 Å². The van der Waals surface area contributed by atoms with Crippen LogP contribution in [0.15, 0.2) is 46.9 Å². The van der Waals surface area contributed by atoms with Crippen LogP contribution in [0.3, 0.4) is 0 Å². The molecule has 2 heterocycles. The van der Waals surface area contributed by atoms with Gasteiger partial charge in [0.25, 0.3) is 0 Å². The summed E-state index contributed by atoms with van der Waals surface area (Å²) in [5.74, 6) is 0.816. The van der Waals surface area contributed by atoms with Gasteiger partial charge in [0.2, 0.25) is 5.89 Å². The molecule has 4 rings (SSSR count). The van der Waals surface area contributed by atoms with E-state index in [4.69, 9.17) is 4.42 Å². The molecule has 1 aliphatic rings. The van der Waals surface area contributed by atoms with Gasteiger partial charge in [-0.2, -0.15) is 0 Å². The molecule has 1 aliphatic heterocycles. The number of nitrogens with zero attached hydrogens (tertiary/aromatic N) is 3. The lowest BCUT2D eigenvalue weighted by Gasteiger charge is -2.36. The second-order valence-corrected chi connectivity index (χ2v) is 6.56. The number of fused-ring (bicyclic) bond motifs is 1. The standard InChI is InChI=1S/C20H23N3O/c1-15-6-5-8-18(16(15)2)23-12-10-22(11-13-23)14-20-21-17-7-3-4-9-19(17)24-20/h3-9H,10-14H2,1-2H3. The Balaban J connectivity index is 1.41. The number of oxazole rings is 1. The van der Waals surface area contributed by atoms with Gasteiger partial charge in [0.05, 0.1) is 6.54 Å². The average Bonchev–Trinajstić information content (AvgIpc) is 3.00. The summed E-state index contributed by atoms with van der Waals surface area (Å²) in [6.07, 6.45) is 0. The molecule has 0 spiro atoms. The van der Waals surface area contributed by atoms with Gasteiger partial charge in [-0.3, -0.25) is 4.90 Å². The van der Waals surface area contributed by atoms with E-state index in [1.807, 2.05) is 24.3 Å². The fourth-order valence-corrected chi connectivity index (χ4v) is 3.40. The minimum absolute atomic E-state index is 0.787. The largest absolute Gasteiger partial charge is 0.439 e. The van der Waals surface area contributed by atoms with Gasteiger partial charge in [-0.15, -0.1) is 0 Å². The number of aromatic nitrogens is 1. The Morgan fingerprint density at radius 2 is 1.75 bits per heavy atom. The maximum Gasteiger partial charge on any atom is 0.209 e. The SMILES string of the molecule is Cc1cccc(N2CCN(Cc3nc4ccccc4o3)CC2)c1C. The third-order valence-electron chi connectivity index (χ3n) is 4.99. The molecule has 3 aromatic rings. The van der Waals surface area contributed by atoms with Crippen molar-refractivity contribution in [2.75, 3.05) is 31.1 Å². The highest BCUT2D eigenvalue weighted by atomic mass is 16.3. The van der Waals surface area contributed by atoms with E-state index in [0.717, 1.165) is 49.7 Å². The first-order valence-electron chi connectivity index (χ1n) is 8.59. The van der Waals surface area contributed by atoms with Crippen LogP contribution in [0.5, 0.6) is 0 Å². The number of hydrogen-bond donors (Lipinski definition) is 0. The van der Waals surface area contributed by atoms with Crippen LogP contribution in [-0.4, -0.2) is 36.1 Å². The third-order valence-corrected chi connectivity index (χ3v) is 4.99. The van der Waals surface area contributed by atoms with Crippen molar-refractivity contribution in [2.24, 2.45) is 0 Å². The first-order valence-corrected chi connectivity index (χ1v) is 8.59. The van der Waals surface area contributed by atoms with Crippen molar-refractivity contribution in [1.29, 1.82) is 0 Å². The Hall–Kier alpha value is -2.33. The van der Waals surface area contributed by atoms with Crippen molar-refractivity contribution >= 4 is 16.8 Å². The topological polar surface area (TPSA) is 32.5 Å². The van der Waals surface area contributed by atoms with Crippen LogP contribution in [0.4, 0.5) is 5.69 Å². The van der Waals surface area contributed by atoms with Crippen LogP contribution in [-0.2, 0) is 6.54 Å². The summed E-state index contributed by atoms with van der Waals surface area (Å²) in [6.45, 7) is 9.35. The maximum absolute atomic E-state index is 5.85. The fourth-order valence-electron chi connectivity index (χ4n) is 3.40. The second kappa shape index (κ2) is 6.29. The number of aryl methyl sites for hydroxylation is 1. The number of para-hydroxylation sites is 2. The Morgan fingerprint density at radius 3 is 2.54 bits per heavy atom. The predicted octanol–water partition coefficient (Wildman–Crippen LogP) is 3.77. The highest BCUT2D eigenvalue weighted by Gasteiger charge is 2.20. The Bertz CT molecular complexity index is 814. The van der Waals surface area contributed by atoms with E-state index in [-0.39, 0.29) is 0 Å². The first-order chi connectivity index (χ1) is 11.7. The Labute approximate surface area is 142 Å².